The third-order valence-electron chi connectivity index (χ3n) is 3.94. The topological polar surface area (TPSA) is 72.5 Å². The molecule has 0 aliphatic rings. The van der Waals surface area contributed by atoms with E-state index in [9.17, 15) is 26.4 Å². The molecule has 0 bridgehead atoms. The summed E-state index contributed by atoms with van der Waals surface area (Å²) in [7, 11) is -6.11. The van der Waals surface area contributed by atoms with Crippen molar-refractivity contribution in [2.75, 3.05) is 7.11 Å². The highest BCUT2D eigenvalue weighted by molar-refractivity contribution is 7.90. The molecule has 23 heavy (non-hydrogen) atoms. The SMILES string of the molecule is CCCCCC(CCC(=O)NS(=O)(=O)C(F)(F)F)[Si](C)(C)OC. The lowest BCUT2D eigenvalue weighted by molar-refractivity contribution is -0.120. The van der Waals surface area contributed by atoms with Crippen molar-refractivity contribution in [3.05, 3.63) is 0 Å². The lowest BCUT2D eigenvalue weighted by Crippen LogP contribution is -2.41. The van der Waals surface area contributed by atoms with E-state index in [1.807, 2.05) is 13.1 Å². The number of sulfonamides is 1. The van der Waals surface area contributed by atoms with Gasteiger partial charge in [-0.1, -0.05) is 32.6 Å². The van der Waals surface area contributed by atoms with Gasteiger partial charge in [0.15, 0.2) is 8.32 Å². The van der Waals surface area contributed by atoms with Crippen LogP contribution in [0.3, 0.4) is 0 Å². The van der Waals surface area contributed by atoms with Crippen LogP contribution in [0.4, 0.5) is 13.2 Å². The molecule has 10 heteroatoms. The summed E-state index contributed by atoms with van der Waals surface area (Å²) in [5.74, 6) is -1.14. The second-order valence-corrected chi connectivity index (χ2v) is 12.1. The third-order valence-corrected chi connectivity index (χ3v) is 8.64. The van der Waals surface area contributed by atoms with Crippen LogP contribution in [-0.4, -0.2) is 35.3 Å². The highest BCUT2D eigenvalue weighted by atomic mass is 32.2. The molecule has 0 rings (SSSR count). The van der Waals surface area contributed by atoms with Crippen molar-refractivity contribution >= 4 is 24.2 Å². The number of amides is 1. The quantitative estimate of drug-likeness (QED) is 0.467. The molecule has 1 amide bonds. The van der Waals surface area contributed by atoms with Gasteiger partial charge in [0, 0.05) is 13.5 Å². The van der Waals surface area contributed by atoms with Gasteiger partial charge in [0.05, 0.1) is 0 Å². The van der Waals surface area contributed by atoms with Crippen LogP contribution in [0.25, 0.3) is 0 Å². The predicted molar refractivity (Wildman–Crippen MR) is 84.7 cm³/mol. The Labute approximate surface area is 137 Å². The number of nitrogens with one attached hydrogen (secondary N) is 1. The summed E-state index contributed by atoms with van der Waals surface area (Å²) in [6.07, 6.45) is 3.87. The summed E-state index contributed by atoms with van der Waals surface area (Å²) in [5, 5.41) is 0. The number of rotatable bonds is 10. The standard InChI is InChI=1S/C13H26F3NO4SSi/c1-5-6-7-8-11(23(3,4)21-2)9-10-12(18)17-22(19,20)13(14,15)16/h11H,5-10H2,1-4H3,(H,17,18). The Morgan fingerprint density at radius 1 is 1.22 bits per heavy atom. The molecule has 0 fully saturated rings. The molecular weight excluding hydrogens is 351 g/mol. The Bertz CT molecular complexity index is 480. The monoisotopic (exact) mass is 377 g/mol. The molecule has 0 aliphatic heterocycles. The van der Waals surface area contributed by atoms with Crippen LogP contribution in [0, 0.1) is 0 Å². The van der Waals surface area contributed by atoms with E-state index in [0.717, 1.165) is 30.4 Å². The van der Waals surface area contributed by atoms with Crippen LogP contribution in [0.1, 0.15) is 45.4 Å². The minimum absolute atomic E-state index is 0.0818. The number of hydrogen-bond acceptors (Lipinski definition) is 4. The molecule has 0 aromatic heterocycles. The van der Waals surface area contributed by atoms with Crippen LogP contribution in [-0.2, 0) is 19.2 Å². The van der Waals surface area contributed by atoms with E-state index < -0.39 is 29.8 Å². The van der Waals surface area contributed by atoms with Crippen molar-refractivity contribution < 1.29 is 30.8 Å². The number of hydrogen-bond donors (Lipinski definition) is 1. The van der Waals surface area contributed by atoms with E-state index in [2.05, 4.69) is 6.92 Å². The lowest BCUT2D eigenvalue weighted by atomic mass is 10.1. The van der Waals surface area contributed by atoms with Crippen molar-refractivity contribution in [3.63, 3.8) is 0 Å². The zero-order valence-corrected chi connectivity index (χ0v) is 15.8. The molecule has 0 spiro atoms. The van der Waals surface area contributed by atoms with Gasteiger partial charge in [-0.3, -0.25) is 4.79 Å². The van der Waals surface area contributed by atoms with E-state index in [1.54, 1.807) is 7.11 Å². The van der Waals surface area contributed by atoms with Crippen molar-refractivity contribution in [2.45, 2.75) is 69.6 Å². The molecule has 0 heterocycles. The summed E-state index contributed by atoms with van der Waals surface area (Å²) in [6.45, 7) is 6.02. The highest BCUT2D eigenvalue weighted by Gasteiger charge is 2.47. The molecule has 5 nitrogen and oxygen atoms in total. The first kappa shape index (κ1) is 22.4. The second-order valence-electron chi connectivity index (χ2n) is 6.01. The zero-order chi connectivity index (χ0) is 18.3. The fourth-order valence-electron chi connectivity index (χ4n) is 2.21. The first-order chi connectivity index (χ1) is 10.4. The maximum absolute atomic E-state index is 12.2. The van der Waals surface area contributed by atoms with E-state index in [0.29, 0.717) is 6.42 Å². The Morgan fingerprint density at radius 3 is 2.22 bits per heavy atom. The normalized spacial score (nSPS) is 14.6. The Balaban J connectivity index is 4.70. The minimum atomic E-state index is -5.63. The van der Waals surface area contributed by atoms with Gasteiger partial charge in [-0.05, 0) is 25.1 Å². The number of carbonyl (C=O) groups is 1. The first-order valence-corrected chi connectivity index (χ1v) is 12.0. The molecule has 0 aliphatic carbocycles. The second kappa shape index (κ2) is 9.02. The fourth-order valence-corrected chi connectivity index (χ4v) is 4.80. The van der Waals surface area contributed by atoms with Crippen LogP contribution in [0.5, 0.6) is 0 Å². The van der Waals surface area contributed by atoms with Gasteiger partial charge >= 0.3 is 15.5 Å². The Morgan fingerprint density at radius 2 is 1.78 bits per heavy atom. The third kappa shape index (κ3) is 7.66. The van der Waals surface area contributed by atoms with Crippen molar-refractivity contribution in [2.24, 2.45) is 0 Å². The first-order valence-electron chi connectivity index (χ1n) is 7.54. The smallest absolute Gasteiger partial charge is 0.420 e. The van der Waals surface area contributed by atoms with Crippen LogP contribution < -0.4 is 4.72 Å². The molecule has 0 aromatic rings. The van der Waals surface area contributed by atoms with Gasteiger partial charge in [-0.25, -0.2) is 4.72 Å². The Hall–Kier alpha value is -0.613. The number of unbranched alkanes of at least 4 members (excludes halogenated alkanes) is 2. The predicted octanol–water partition coefficient (Wildman–Crippen LogP) is 3.53. The number of carbonyl (C=O) groups excluding carboxylic acids is 1. The molecule has 1 unspecified atom stereocenters. The van der Waals surface area contributed by atoms with E-state index >= 15 is 0 Å². The molecular formula is C13H26F3NO4SSi. The molecule has 1 N–H and O–H groups in total. The molecule has 1 atom stereocenters. The maximum Gasteiger partial charge on any atom is 0.516 e. The van der Waals surface area contributed by atoms with E-state index in [4.69, 9.17) is 4.43 Å². The van der Waals surface area contributed by atoms with Gasteiger partial charge in [0.25, 0.3) is 0 Å². The average Bonchev–Trinajstić information content (AvgIpc) is 2.40. The van der Waals surface area contributed by atoms with Gasteiger partial charge in [-0.15, -0.1) is 0 Å². The van der Waals surface area contributed by atoms with E-state index in [1.165, 1.54) is 0 Å². The summed E-state index contributed by atoms with van der Waals surface area (Å²) < 4.78 is 65.1. The van der Waals surface area contributed by atoms with Crippen molar-refractivity contribution in [3.8, 4) is 0 Å². The van der Waals surface area contributed by atoms with Crippen LogP contribution >= 0.6 is 0 Å². The molecule has 138 valence electrons. The summed E-state index contributed by atoms with van der Waals surface area (Å²) >= 11 is 0. The molecule has 0 saturated carbocycles. The van der Waals surface area contributed by atoms with Crippen LogP contribution in [0.2, 0.25) is 18.6 Å². The van der Waals surface area contributed by atoms with Gasteiger partial charge in [-0.2, -0.15) is 21.6 Å². The number of halogens is 3. The zero-order valence-electron chi connectivity index (χ0n) is 14.0. The average molecular weight is 378 g/mol. The Kier molecular flexibility index (Phi) is 8.78. The van der Waals surface area contributed by atoms with Crippen molar-refractivity contribution in [1.29, 1.82) is 0 Å². The lowest BCUT2D eigenvalue weighted by Gasteiger charge is -2.30. The minimum Gasteiger partial charge on any atom is -0.420 e. The molecule has 0 radical (unpaired) electrons. The highest BCUT2D eigenvalue weighted by Crippen LogP contribution is 2.33. The summed E-state index contributed by atoms with van der Waals surface area (Å²) in [5.41, 5.74) is -5.40. The summed E-state index contributed by atoms with van der Waals surface area (Å²) in [4.78, 5) is 11.5. The van der Waals surface area contributed by atoms with Crippen LogP contribution in [0.15, 0.2) is 0 Å². The fraction of sp³-hybridized carbons (Fsp3) is 0.923. The molecule has 0 aromatic carbocycles. The summed E-state index contributed by atoms with van der Waals surface area (Å²) in [6, 6.07) is 0. The largest absolute Gasteiger partial charge is 0.516 e. The van der Waals surface area contributed by atoms with Gasteiger partial charge < -0.3 is 4.43 Å². The van der Waals surface area contributed by atoms with Gasteiger partial charge in [0.1, 0.15) is 0 Å². The number of alkyl halides is 3. The maximum atomic E-state index is 12.2. The van der Waals surface area contributed by atoms with E-state index in [-0.39, 0.29) is 12.0 Å². The van der Waals surface area contributed by atoms with Crippen molar-refractivity contribution in [1.82, 2.24) is 4.72 Å². The molecule has 0 saturated heterocycles. The van der Waals surface area contributed by atoms with Gasteiger partial charge in [0.2, 0.25) is 5.91 Å².